The minimum Gasteiger partial charge on any atom is -0.344 e. The highest BCUT2D eigenvalue weighted by Gasteiger charge is 2.19. The van der Waals surface area contributed by atoms with Gasteiger partial charge >= 0.3 is 0 Å². The van der Waals surface area contributed by atoms with Gasteiger partial charge in [-0.25, -0.2) is 18.7 Å². The molecule has 7 heteroatoms. The molecule has 4 aromatic rings. The molecule has 4 rings (SSSR count). The van der Waals surface area contributed by atoms with E-state index in [4.69, 9.17) is 0 Å². The third kappa shape index (κ3) is 3.88. The SMILES string of the molecule is O=C(N[C@@H](Cc1cccc(F)c1)c1cccc(F)c1)c1cn2cccnc2n1. The molecule has 28 heavy (non-hydrogen) atoms. The van der Waals surface area contributed by atoms with E-state index in [9.17, 15) is 13.6 Å². The first-order chi connectivity index (χ1) is 13.6. The van der Waals surface area contributed by atoms with E-state index in [2.05, 4.69) is 15.3 Å². The van der Waals surface area contributed by atoms with Gasteiger partial charge in [-0.05, 0) is 47.9 Å². The summed E-state index contributed by atoms with van der Waals surface area (Å²) in [5, 5.41) is 2.87. The summed E-state index contributed by atoms with van der Waals surface area (Å²) in [7, 11) is 0. The molecular formula is C21H16F2N4O. The number of fused-ring (bicyclic) bond motifs is 1. The first kappa shape index (κ1) is 17.8. The maximum absolute atomic E-state index is 13.7. The van der Waals surface area contributed by atoms with E-state index in [1.165, 1.54) is 24.3 Å². The molecule has 0 saturated heterocycles. The van der Waals surface area contributed by atoms with E-state index in [1.807, 2.05) is 0 Å². The molecule has 0 aliphatic heterocycles. The zero-order valence-corrected chi connectivity index (χ0v) is 14.7. The third-order valence-corrected chi connectivity index (χ3v) is 4.35. The number of rotatable bonds is 5. The van der Waals surface area contributed by atoms with Crippen molar-refractivity contribution in [3.05, 3.63) is 102 Å². The van der Waals surface area contributed by atoms with Gasteiger partial charge in [0.2, 0.25) is 5.78 Å². The number of halogens is 2. The first-order valence-corrected chi connectivity index (χ1v) is 8.69. The van der Waals surface area contributed by atoms with Crippen LogP contribution in [0.3, 0.4) is 0 Å². The van der Waals surface area contributed by atoms with Crippen LogP contribution >= 0.6 is 0 Å². The fourth-order valence-corrected chi connectivity index (χ4v) is 3.05. The van der Waals surface area contributed by atoms with Crippen molar-refractivity contribution in [2.24, 2.45) is 0 Å². The first-order valence-electron chi connectivity index (χ1n) is 8.69. The average Bonchev–Trinajstić information content (AvgIpc) is 3.12. The minimum atomic E-state index is -0.553. The lowest BCUT2D eigenvalue weighted by atomic mass is 9.98. The van der Waals surface area contributed by atoms with Crippen molar-refractivity contribution in [2.45, 2.75) is 12.5 Å². The van der Waals surface area contributed by atoms with Gasteiger partial charge < -0.3 is 5.32 Å². The van der Waals surface area contributed by atoms with E-state index in [0.29, 0.717) is 23.3 Å². The van der Waals surface area contributed by atoms with Crippen molar-refractivity contribution >= 4 is 11.7 Å². The molecule has 140 valence electrons. The summed E-state index contributed by atoms with van der Waals surface area (Å²) in [5.41, 5.74) is 1.46. The van der Waals surface area contributed by atoms with Gasteiger partial charge in [0.25, 0.3) is 5.91 Å². The quantitative estimate of drug-likeness (QED) is 0.576. The van der Waals surface area contributed by atoms with Crippen LogP contribution < -0.4 is 5.32 Å². The summed E-state index contributed by atoms with van der Waals surface area (Å²) in [4.78, 5) is 21.1. The van der Waals surface area contributed by atoms with Crippen LogP contribution in [-0.2, 0) is 6.42 Å². The summed E-state index contributed by atoms with van der Waals surface area (Å²) >= 11 is 0. The van der Waals surface area contributed by atoms with Crippen molar-refractivity contribution < 1.29 is 13.6 Å². The molecule has 2 aromatic carbocycles. The summed E-state index contributed by atoms with van der Waals surface area (Å²) in [6.07, 6.45) is 5.20. The van der Waals surface area contributed by atoms with Gasteiger partial charge in [-0.3, -0.25) is 9.20 Å². The number of nitrogens with zero attached hydrogens (tertiary/aromatic N) is 3. The Balaban J connectivity index is 1.63. The number of imidazole rings is 1. The van der Waals surface area contributed by atoms with Gasteiger partial charge in [-0.1, -0.05) is 24.3 Å². The number of hydrogen-bond acceptors (Lipinski definition) is 3. The number of hydrogen-bond donors (Lipinski definition) is 1. The van der Waals surface area contributed by atoms with Gasteiger partial charge in [0.1, 0.15) is 17.3 Å². The number of amides is 1. The second kappa shape index (κ2) is 7.56. The maximum atomic E-state index is 13.7. The molecule has 1 amide bonds. The molecule has 5 nitrogen and oxygen atoms in total. The van der Waals surface area contributed by atoms with Gasteiger partial charge in [-0.2, -0.15) is 0 Å². The van der Waals surface area contributed by atoms with Crippen molar-refractivity contribution in [1.82, 2.24) is 19.7 Å². The van der Waals surface area contributed by atoms with E-state index in [-0.39, 0.29) is 11.5 Å². The summed E-state index contributed by atoms with van der Waals surface area (Å²) in [6.45, 7) is 0. The van der Waals surface area contributed by atoms with Crippen molar-refractivity contribution in [3.8, 4) is 0 Å². The Bertz CT molecular complexity index is 1110. The Morgan fingerprint density at radius 2 is 1.86 bits per heavy atom. The summed E-state index contributed by atoms with van der Waals surface area (Å²) in [5.74, 6) is -0.794. The summed E-state index contributed by atoms with van der Waals surface area (Å²) in [6, 6.07) is 13.3. The zero-order chi connectivity index (χ0) is 19.5. The Kier molecular flexibility index (Phi) is 4.80. The van der Waals surface area contributed by atoms with E-state index in [0.717, 1.165) is 0 Å². The molecule has 0 fully saturated rings. The Morgan fingerprint density at radius 1 is 1.07 bits per heavy atom. The van der Waals surface area contributed by atoms with Crippen LogP contribution in [0.2, 0.25) is 0 Å². The van der Waals surface area contributed by atoms with E-state index in [1.54, 1.807) is 53.3 Å². The number of carbonyl (C=O) groups is 1. The normalized spacial score (nSPS) is 12.1. The average molecular weight is 378 g/mol. The fraction of sp³-hybridized carbons (Fsp3) is 0.0952. The molecule has 0 bridgehead atoms. The monoisotopic (exact) mass is 378 g/mol. The van der Waals surface area contributed by atoms with Crippen LogP contribution in [0.5, 0.6) is 0 Å². The van der Waals surface area contributed by atoms with Crippen molar-refractivity contribution in [1.29, 1.82) is 0 Å². The van der Waals surface area contributed by atoms with Gasteiger partial charge in [0.05, 0.1) is 6.04 Å². The maximum Gasteiger partial charge on any atom is 0.272 e. The van der Waals surface area contributed by atoms with Crippen LogP contribution in [0.1, 0.15) is 27.7 Å². The van der Waals surface area contributed by atoms with Gasteiger partial charge in [0, 0.05) is 18.6 Å². The molecule has 0 radical (unpaired) electrons. The second-order valence-corrected chi connectivity index (χ2v) is 6.37. The van der Waals surface area contributed by atoms with E-state index < -0.39 is 17.8 Å². The molecule has 1 N–H and O–H groups in total. The molecule has 0 saturated carbocycles. The van der Waals surface area contributed by atoms with Crippen LogP contribution in [0, 0.1) is 11.6 Å². The van der Waals surface area contributed by atoms with E-state index >= 15 is 0 Å². The van der Waals surface area contributed by atoms with Crippen LogP contribution in [-0.4, -0.2) is 20.3 Å². The van der Waals surface area contributed by atoms with Crippen LogP contribution in [0.25, 0.3) is 5.78 Å². The van der Waals surface area contributed by atoms with Crippen LogP contribution in [0.4, 0.5) is 8.78 Å². The summed E-state index contributed by atoms with van der Waals surface area (Å²) < 4.78 is 28.9. The second-order valence-electron chi connectivity index (χ2n) is 6.37. The number of nitrogens with one attached hydrogen (secondary N) is 1. The molecule has 0 aliphatic rings. The predicted molar refractivity (Wildman–Crippen MR) is 99.7 cm³/mol. The Morgan fingerprint density at radius 3 is 2.61 bits per heavy atom. The molecular weight excluding hydrogens is 362 g/mol. The topological polar surface area (TPSA) is 59.3 Å². The largest absolute Gasteiger partial charge is 0.344 e. The molecule has 2 aromatic heterocycles. The van der Waals surface area contributed by atoms with Crippen molar-refractivity contribution in [3.63, 3.8) is 0 Å². The lowest BCUT2D eigenvalue weighted by Gasteiger charge is -2.19. The van der Waals surface area contributed by atoms with Crippen LogP contribution in [0.15, 0.2) is 73.2 Å². The van der Waals surface area contributed by atoms with Crippen molar-refractivity contribution in [2.75, 3.05) is 0 Å². The molecule has 0 aliphatic carbocycles. The van der Waals surface area contributed by atoms with Gasteiger partial charge in [0.15, 0.2) is 0 Å². The number of aromatic nitrogens is 3. The minimum absolute atomic E-state index is 0.194. The lowest BCUT2D eigenvalue weighted by Crippen LogP contribution is -2.30. The molecule has 1 atom stereocenters. The number of carbonyl (C=O) groups excluding carboxylic acids is 1. The number of benzene rings is 2. The Hall–Kier alpha value is -3.61. The lowest BCUT2D eigenvalue weighted by molar-refractivity contribution is 0.0932. The molecule has 0 unspecified atom stereocenters. The third-order valence-electron chi connectivity index (χ3n) is 4.35. The smallest absolute Gasteiger partial charge is 0.272 e. The fourth-order valence-electron chi connectivity index (χ4n) is 3.05. The highest BCUT2D eigenvalue weighted by Crippen LogP contribution is 2.21. The molecule has 2 heterocycles. The Labute approximate surface area is 159 Å². The zero-order valence-electron chi connectivity index (χ0n) is 14.7. The predicted octanol–water partition coefficient (Wildman–Crippen LogP) is 3.72. The molecule has 0 spiro atoms. The highest BCUT2D eigenvalue weighted by molar-refractivity contribution is 5.93. The standard InChI is InChI=1S/C21H16F2N4O/c22-16-6-1-4-14(10-16)11-18(15-5-2-7-17(23)12-15)25-20(28)19-13-27-9-3-8-24-21(27)26-19/h1-10,12-13,18H,11H2,(H,25,28)/t18-/m0/s1. The highest BCUT2D eigenvalue weighted by atomic mass is 19.1. The van der Waals surface area contributed by atoms with Gasteiger partial charge in [-0.15, -0.1) is 0 Å².